The second-order valence-electron chi connectivity index (χ2n) is 8.02. The van der Waals surface area contributed by atoms with E-state index in [2.05, 4.69) is 20.8 Å². The lowest BCUT2D eigenvalue weighted by atomic mass is 9.76. The van der Waals surface area contributed by atoms with E-state index in [0.717, 1.165) is 11.6 Å². The summed E-state index contributed by atoms with van der Waals surface area (Å²) in [6.07, 6.45) is 1.01. The summed E-state index contributed by atoms with van der Waals surface area (Å²) in [7, 11) is 3.99. The predicted octanol–water partition coefficient (Wildman–Crippen LogP) is 4.44. The highest BCUT2D eigenvalue weighted by Gasteiger charge is 2.38. The minimum atomic E-state index is -1.79. The number of aromatic nitrogens is 1. The number of esters is 1. The molecule has 26 heavy (non-hydrogen) atoms. The maximum absolute atomic E-state index is 12.5. The molecule has 1 aliphatic rings. The third kappa shape index (κ3) is 5.68. The molecule has 1 aromatic heterocycles. The van der Waals surface area contributed by atoms with E-state index < -0.39 is 10.0 Å². The minimum absolute atomic E-state index is 0.000540. The van der Waals surface area contributed by atoms with Crippen LogP contribution in [0.25, 0.3) is 0 Å². The van der Waals surface area contributed by atoms with Gasteiger partial charge in [-0.1, -0.05) is 34.6 Å². The second-order valence-corrected chi connectivity index (χ2v) is 9.72. The van der Waals surface area contributed by atoms with Gasteiger partial charge in [0.2, 0.25) is 0 Å². The van der Waals surface area contributed by atoms with Crippen molar-refractivity contribution in [2.45, 2.75) is 72.7 Å². The number of carbonyl (C=O) groups excluding carboxylic acids is 2. The highest BCUT2D eigenvalue weighted by atomic mass is 35.7. The zero-order valence-corrected chi connectivity index (χ0v) is 18.3. The average Bonchev–Trinajstić information content (AvgIpc) is 2.71. The number of hydrogen-bond donors (Lipinski definition) is 0. The van der Waals surface area contributed by atoms with Crippen molar-refractivity contribution < 1.29 is 18.5 Å². The Hall–Kier alpha value is -1.14. The average molecular weight is 404 g/mol. The Morgan fingerprint density at radius 3 is 2.31 bits per heavy atom. The highest BCUT2D eigenvalue weighted by Crippen LogP contribution is 2.40. The van der Waals surface area contributed by atoms with Crippen molar-refractivity contribution in [3.8, 4) is 0 Å². The standard InChI is InChI=1S/C15H20ClNO4S.C4H10/c1-5-21-12(19)8-17-9(2)14(22(16)20)13-10(17)6-15(3,4)7-11(13)18;1-4(2)3/h5-8H2,1-4H3;4H,1-3H3. The van der Waals surface area contributed by atoms with Crippen molar-refractivity contribution in [1.82, 2.24) is 4.57 Å². The number of Topliss-reactive ketones (excluding diaryl/α,β-unsaturated/α-hetero) is 1. The van der Waals surface area contributed by atoms with E-state index in [1.807, 2.05) is 13.8 Å². The van der Waals surface area contributed by atoms with Crippen molar-refractivity contribution in [2.24, 2.45) is 11.3 Å². The quantitative estimate of drug-likeness (QED) is 0.550. The van der Waals surface area contributed by atoms with Crippen LogP contribution in [0.1, 0.15) is 69.7 Å². The first-order valence-corrected chi connectivity index (χ1v) is 10.9. The summed E-state index contributed by atoms with van der Waals surface area (Å²) < 4.78 is 18.6. The van der Waals surface area contributed by atoms with Gasteiger partial charge in [0.15, 0.2) is 5.78 Å². The maximum Gasteiger partial charge on any atom is 0.325 e. The molecule has 1 aliphatic carbocycles. The fourth-order valence-electron chi connectivity index (χ4n) is 3.03. The summed E-state index contributed by atoms with van der Waals surface area (Å²) >= 11 is 0. The first-order valence-electron chi connectivity index (χ1n) is 8.90. The van der Waals surface area contributed by atoms with Crippen LogP contribution < -0.4 is 0 Å². The van der Waals surface area contributed by atoms with Crippen molar-refractivity contribution >= 4 is 32.4 Å². The van der Waals surface area contributed by atoms with Crippen LogP contribution in [0.3, 0.4) is 0 Å². The molecule has 0 bridgehead atoms. The number of fused-ring (bicyclic) bond motifs is 1. The molecule has 2 rings (SSSR count). The SMILES string of the molecule is CC(C)C.CCOC(=O)Cn1c(C)c(S(=O)Cl)c2c1CC(C)(C)CC2=O. The fraction of sp³-hybridized carbons (Fsp3) is 0.684. The summed E-state index contributed by atoms with van der Waals surface area (Å²) in [5.41, 5.74) is 1.55. The molecule has 0 saturated carbocycles. The van der Waals surface area contributed by atoms with Gasteiger partial charge in [0.05, 0.1) is 17.1 Å². The molecular formula is C19H30ClNO4S. The summed E-state index contributed by atoms with van der Waals surface area (Å²) in [6, 6.07) is 0. The molecule has 5 nitrogen and oxygen atoms in total. The molecule has 0 spiro atoms. The monoisotopic (exact) mass is 403 g/mol. The fourth-order valence-corrected chi connectivity index (χ4v) is 4.33. The van der Waals surface area contributed by atoms with Gasteiger partial charge < -0.3 is 9.30 Å². The molecular weight excluding hydrogens is 374 g/mol. The van der Waals surface area contributed by atoms with E-state index in [1.54, 1.807) is 18.4 Å². The second kappa shape index (κ2) is 9.18. The van der Waals surface area contributed by atoms with Crippen LogP contribution in [-0.2, 0) is 32.5 Å². The molecule has 0 saturated heterocycles. The van der Waals surface area contributed by atoms with Gasteiger partial charge >= 0.3 is 5.97 Å². The van der Waals surface area contributed by atoms with E-state index in [4.69, 9.17) is 15.4 Å². The third-order valence-electron chi connectivity index (χ3n) is 3.89. The zero-order chi connectivity index (χ0) is 20.2. The molecule has 0 N–H and O–H groups in total. The Kier molecular flexibility index (Phi) is 8.08. The van der Waals surface area contributed by atoms with Gasteiger partial charge in [-0.25, -0.2) is 4.21 Å². The van der Waals surface area contributed by atoms with E-state index >= 15 is 0 Å². The lowest BCUT2D eigenvalue weighted by Gasteiger charge is -2.29. The number of rotatable bonds is 4. The predicted molar refractivity (Wildman–Crippen MR) is 105 cm³/mol. The number of carbonyl (C=O) groups is 2. The van der Waals surface area contributed by atoms with Crippen molar-refractivity contribution in [2.75, 3.05) is 6.61 Å². The lowest BCUT2D eigenvalue weighted by Crippen LogP contribution is -2.29. The Bertz CT molecular complexity index is 704. The molecule has 148 valence electrons. The van der Waals surface area contributed by atoms with Gasteiger partial charge in [0, 0.05) is 17.8 Å². The molecule has 0 radical (unpaired) electrons. The van der Waals surface area contributed by atoms with E-state index in [9.17, 15) is 13.8 Å². The number of ketones is 1. The molecule has 1 atom stereocenters. The molecule has 0 fully saturated rings. The topological polar surface area (TPSA) is 65.4 Å². The largest absolute Gasteiger partial charge is 0.465 e. The summed E-state index contributed by atoms with van der Waals surface area (Å²) in [5, 5.41) is 0. The zero-order valence-electron chi connectivity index (χ0n) is 16.8. The van der Waals surface area contributed by atoms with Gasteiger partial charge in [0.1, 0.15) is 16.6 Å². The summed E-state index contributed by atoms with van der Waals surface area (Å²) in [6.45, 7) is 14.3. The van der Waals surface area contributed by atoms with Crippen LogP contribution in [0.5, 0.6) is 0 Å². The van der Waals surface area contributed by atoms with Crippen LogP contribution in [-0.4, -0.2) is 27.1 Å². The van der Waals surface area contributed by atoms with Gasteiger partial charge in [-0.15, -0.1) is 0 Å². The Labute approximate surface area is 163 Å². The minimum Gasteiger partial charge on any atom is -0.465 e. The first kappa shape index (κ1) is 22.9. The smallest absolute Gasteiger partial charge is 0.325 e. The van der Waals surface area contributed by atoms with Gasteiger partial charge in [0.25, 0.3) is 0 Å². The highest BCUT2D eigenvalue weighted by molar-refractivity contribution is 8.08. The molecule has 0 aromatic carbocycles. The van der Waals surface area contributed by atoms with E-state index in [1.165, 1.54) is 0 Å². The van der Waals surface area contributed by atoms with Crippen LogP contribution in [0.4, 0.5) is 0 Å². The van der Waals surface area contributed by atoms with Gasteiger partial charge in [-0.2, -0.15) is 0 Å². The molecule has 7 heteroatoms. The lowest BCUT2D eigenvalue weighted by molar-refractivity contribution is -0.143. The molecule has 1 heterocycles. The Morgan fingerprint density at radius 2 is 1.85 bits per heavy atom. The van der Waals surface area contributed by atoms with E-state index in [0.29, 0.717) is 35.6 Å². The number of halogens is 1. The van der Waals surface area contributed by atoms with Gasteiger partial charge in [-0.3, -0.25) is 9.59 Å². The molecule has 0 aliphatic heterocycles. The molecule has 0 amide bonds. The summed E-state index contributed by atoms with van der Waals surface area (Å²) in [5.74, 6) is 0.382. The van der Waals surface area contributed by atoms with Gasteiger partial charge in [-0.05, 0) is 42.3 Å². The van der Waals surface area contributed by atoms with Crippen molar-refractivity contribution in [3.63, 3.8) is 0 Å². The number of nitrogens with zero attached hydrogens (tertiary/aromatic N) is 1. The van der Waals surface area contributed by atoms with Crippen LogP contribution in [0, 0.1) is 18.3 Å². The van der Waals surface area contributed by atoms with Crippen LogP contribution in [0.2, 0.25) is 0 Å². The molecule has 1 aromatic rings. The van der Waals surface area contributed by atoms with E-state index in [-0.39, 0.29) is 23.7 Å². The van der Waals surface area contributed by atoms with Crippen LogP contribution >= 0.6 is 10.7 Å². The van der Waals surface area contributed by atoms with Crippen LogP contribution in [0.15, 0.2) is 4.90 Å². The number of hydrogen-bond acceptors (Lipinski definition) is 4. The van der Waals surface area contributed by atoms with Crippen molar-refractivity contribution in [1.29, 1.82) is 0 Å². The number of ether oxygens (including phenoxy) is 1. The Morgan fingerprint density at radius 1 is 1.31 bits per heavy atom. The normalized spacial score (nSPS) is 16.6. The van der Waals surface area contributed by atoms with Crippen molar-refractivity contribution in [3.05, 3.63) is 17.0 Å². The summed E-state index contributed by atoms with van der Waals surface area (Å²) in [4.78, 5) is 24.7. The maximum atomic E-state index is 12.5. The third-order valence-corrected chi connectivity index (χ3v) is 5.18. The molecule has 1 unspecified atom stereocenters. The first-order chi connectivity index (χ1) is 11.9. The Balaban J connectivity index is 0.000000765.